The molecule has 1 unspecified atom stereocenters. The van der Waals surface area contributed by atoms with Gasteiger partial charge in [0.1, 0.15) is 5.75 Å². The van der Waals surface area contributed by atoms with Gasteiger partial charge in [-0.25, -0.2) is 0 Å². The smallest absolute Gasteiger partial charge is 0.125 e. The highest BCUT2D eigenvalue weighted by molar-refractivity contribution is 5.46. The van der Waals surface area contributed by atoms with Crippen molar-refractivity contribution in [1.82, 2.24) is 0 Å². The molecule has 0 amide bonds. The lowest BCUT2D eigenvalue weighted by Crippen LogP contribution is -2.23. The molecule has 0 aliphatic heterocycles. The molecule has 1 aliphatic rings. The maximum atomic E-state index is 6.20. The first-order valence-electron chi connectivity index (χ1n) is 8.33. The van der Waals surface area contributed by atoms with Crippen LogP contribution in [-0.4, -0.2) is 12.6 Å². The normalized spacial score (nSPS) is 16.9. The summed E-state index contributed by atoms with van der Waals surface area (Å²) < 4.78 is 6.15. The summed E-state index contributed by atoms with van der Waals surface area (Å²) >= 11 is 0. The molecule has 1 atom stereocenters. The second-order valence-electron chi connectivity index (χ2n) is 7.66. The van der Waals surface area contributed by atoms with E-state index in [1.54, 1.807) is 0 Å². The molecule has 1 aromatic carbocycles. The lowest BCUT2D eigenvalue weighted by molar-refractivity contribution is 0.294. The molecule has 0 saturated heterocycles. The van der Waals surface area contributed by atoms with E-state index in [9.17, 15) is 0 Å². The van der Waals surface area contributed by atoms with Crippen molar-refractivity contribution in [1.29, 1.82) is 0 Å². The van der Waals surface area contributed by atoms with Gasteiger partial charge in [-0.1, -0.05) is 39.8 Å². The van der Waals surface area contributed by atoms with Crippen LogP contribution in [0.25, 0.3) is 0 Å². The third-order valence-electron chi connectivity index (χ3n) is 4.38. The van der Waals surface area contributed by atoms with Gasteiger partial charge in [-0.05, 0) is 60.6 Å². The first kappa shape index (κ1) is 16.4. The minimum absolute atomic E-state index is 0.158. The summed E-state index contributed by atoms with van der Waals surface area (Å²) in [5, 5.41) is 0. The summed E-state index contributed by atoms with van der Waals surface area (Å²) in [4.78, 5) is 0. The first-order chi connectivity index (χ1) is 9.81. The van der Waals surface area contributed by atoms with Crippen LogP contribution in [0.5, 0.6) is 5.75 Å². The van der Waals surface area contributed by atoms with Crippen molar-refractivity contribution in [2.75, 3.05) is 6.61 Å². The maximum Gasteiger partial charge on any atom is 0.125 e. The largest absolute Gasteiger partial charge is 0.493 e. The SMILES string of the molecule is CCC(N)Cc1cc(C(C)(C)C)cc(C)c1OCC1CC1. The van der Waals surface area contributed by atoms with E-state index < -0.39 is 0 Å². The standard InChI is InChI=1S/C19H31NO/c1-6-17(20)11-15-10-16(19(3,4)5)9-13(2)18(15)21-12-14-7-8-14/h9-10,14,17H,6-8,11-12,20H2,1-5H3. The zero-order valence-electron chi connectivity index (χ0n) is 14.3. The lowest BCUT2D eigenvalue weighted by atomic mass is 9.84. The zero-order chi connectivity index (χ0) is 15.6. The van der Waals surface area contributed by atoms with Gasteiger partial charge in [-0.15, -0.1) is 0 Å². The van der Waals surface area contributed by atoms with Gasteiger partial charge >= 0.3 is 0 Å². The number of hydrogen-bond acceptors (Lipinski definition) is 2. The van der Waals surface area contributed by atoms with E-state index in [2.05, 4.69) is 46.8 Å². The number of hydrogen-bond donors (Lipinski definition) is 1. The molecule has 0 spiro atoms. The van der Waals surface area contributed by atoms with Crippen molar-refractivity contribution in [2.24, 2.45) is 11.7 Å². The lowest BCUT2D eigenvalue weighted by Gasteiger charge is -2.24. The van der Waals surface area contributed by atoms with Gasteiger partial charge in [-0.3, -0.25) is 0 Å². The van der Waals surface area contributed by atoms with Gasteiger partial charge in [0.15, 0.2) is 0 Å². The fourth-order valence-corrected chi connectivity index (χ4v) is 2.55. The summed E-state index contributed by atoms with van der Waals surface area (Å²) in [5.41, 5.74) is 10.3. The third-order valence-corrected chi connectivity index (χ3v) is 4.38. The third kappa shape index (κ3) is 4.47. The quantitative estimate of drug-likeness (QED) is 0.844. The molecule has 2 N–H and O–H groups in total. The van der Waals surface area contributed by atoms with Crippen LogP contribution in [0.15, 0.2) is 12.1 Å². The molecule has 0 heterocycles. The molecular weight excluding hydrogens is 258 g/mol. The Bertz CT molecular complexity index is 483. The van der Waals surface area contributed by atoms with Crippen molar-refractivity contribution >= 4 is 0 Å². The highest BCUT2D eigenvalue weighted by Gasteiger charge is 2.24. The van der Waals surface area contributed by atoms with Gasteiger partial charge in [-0.2, -0.15) is 0 Å². The second-order valence-corrected chi connectivity index (χ2v) is 7.66. The van der Waals surface area contributed by atoms with Crippen LogP contribution in [0.1, 0.15) is 63.6 Å². The average Bonchev–Trinajstić information content (AvgIpc) is 3.20. The van der Waals surface area contributed by atoms with E-state index in [1.807, 2.05) is 0 Å². The molecular formula is C19H31NO. The summed E-state index contributed by atoms with van der Waals surface area (Å²) in [6, 6.07) is 4.80. The summed E-state index contributed by atoms with van der Waals surface area (Å²) in [6.07, 6.45) is 4.55. The van der Waals surface area contributed by atoms with Crippen LogP contribution < -0.4 is 10.5 Å². The molecule has 1 aromatic rings. The molecule has 0 radical (unpaired) electrons. The van der Waals surface area contributed by atoms with Gasteiger partial charge in [0, 0.05) is 6.04 Å². The highest BCUT2D eigenvalue weighted by atomic mass is 16.5. The Kier molecular flexibility index (Phi) is 4.98. The average molecular weight is 289 g/mol. The molecule has 0 aromatic heterocycles. The molecule has 21 heavy (non-hydrogen) atoms. The first-order valence-corrected chi connectivity index (χ1v) is 8.33. The molecule has 118 valence electrons. The van der Waals surface area contributed by atoms with E-state index in [4.69, 9.17) is 10.5 Å². The van der Waals surface area contributed by atoms with E-state index in [-0.39, 0.29) is 11.5 Å². The maximum absolute atomic E-state index is 6.20. The van der Waals surface area contributed by atoms with Crippen LogP contribution in [0.4, 0.5) is 0 Å². The van der Waals surface area contributed by atoms with Crippen LogP contribution in [-0.2, 0) is 11.8 Å². The van der Waals surface area contributed by atoms with Crippen molar-refractivity contribution in [3.05, 3.63) is 28.8 Å². The summed E-state index contributed by atoms with van der Waals surface area (Å²) in [6.45, 7) is 12.0. The molecule has 1 aliphatic carbocycles. The van der Waals surface area contributed by atoms with Gasteiger partial charge in [0.05, 0.1) is 6.61 Å². The Morgan fingerprint density at radius 1 is 1.29 bits per heavy atom. The minimum Gasteiger partial charge on any atom is -0.493 e. The molecule has 0 bridgehead atoms. The Balaban J connectivity index is 2.30. The number of aryl methyl sites for hydroxylation is 1. The van der Waals surface area contributed by atoms with E-state index in [0.717, 1.165) is 31.1 Å². The fraction of sp³-hybridized carbons (Fsp3) is 0.684. The minimum atomic E-state index is 0.158. The van der Waals surface area contributed by atoms with Crippen LogP contribution in [0, 0.1) is 12.8 Å². The number of rotatable bonds is 6. The van der Waals surface area contributed by atoms with Crippen molar-refractivity contribution < 1.29 is 4.74 Å². The monoisotopic (exact) mass is 289 g/mol. The van der Waals surface area contributed by atoms with Crippen LogP contribution in [0.2, 0.25) is 0 Å². The molecule has 1 fully saturated rings. The van der Waals surface area contributed by atoms with E-state index in [1.165, 1.54) is 29.5 Å². The molecule has 2 heteroatoms. The number of benzene rings is 1. The summed E-state index contributed by atoms with van der Waals surface area (Å²) in [5.74, 6) is 1.86. The zero-order valence-corrected chi connectivity index (χ0v) is 14.3. The Labute approximate surface area is 130 Å². The van der Waals surface area contributed by atoms with Crippen LogP contribution in [0.3, 0.4) is 0 Å². The predicted octanol–water partition coefficient (Wildman–Crippen LogP) is 4.36. The highest BCUT2D eigenvalue weighted by Crippen LogP contribution is 2.35. The van der Waals surface area contributed by atoms with Gasteiger partial charge in [0.25, 0.3) is 0 Å². The fourth-order valence-electron chi connectivity index (χ4n) is 2.55. The number of ether oxygens (including phenoxy) is 1. The number of nitrogens with two attached hydrogens (primary N) is 1. The van der Waals surface area contributed by atoms with Crippen molar-refractivity contribution in [3.8, 4) is 5.75 Å². The molecule has 1 saturated carbocycles. The van der Waals surface area contributed by atoms with E-state index >= 15 is 0 Å². The Morgan fingerprint density at radius 2 is 1.95 bits per heavy atom. The van der Waals surface area contributed by atoms with Crippen LogP contribution >= 0.6 is 0 Å². The van der Waals surface area contributed by atoms with E-state index in [0.29, 0.717) is 0 Å². The topological polar surface area (TPSA) is 35.2 Å². The van der Waals surface area contributed by atoms with Gasteiger partial charge < -0.3 is 10.5 Å². The van der Waals surface area contributed by atoms with Crippen molar-refractivity contribution in [3.63, 3.8) is 0 Å². The van der Waals surface area contributed by atoms with Crippen molar-refractivity contribution in [2.45, 2.75) is 71.8 Å². The Hall–Kier alpha value is -1.02. The van der Waals surface area contributed by atoms with Gasteiger partial charge in [0.2, 0.25) is 0 Å². The summed E-state index contributed by atoms with van der Waals surface area (Å²) in [7, 11) is 0. The second kappa shape index (κ2) is 6.39. The molecule has 2 nitrogen and oxygen atoms in total. The Morgan fingerprint density at radius 3 is 2.48 bits per heavy atom. The predicted molar refractivity (Wildman–Crippen MR) is 90.1 cm³/mol. The molecule has 2 rings (SSSR count).